The molecular formula is C20H23N5O2. The van der Waals surface area contributed by atoms with Crippen molar-refractivity contribution in [1.29, 1.82) is 0 Å². The predicted molar refractivity (Wildman–Crippen MR) is 102 cm³/mol. The second kappa shape index (κ2) is 7.75. The number of nitrogens with one attached hydrogen (secondary N) is 1. The number of rotatable bonds is 5. The largest absolute Gasteiger partial charge is 0.497 e. The number of hydrogen-bond acceptors (Lipinski definition) is 5. The van der Waals surface area contributed by atoms with Crippen LogP contribution in [0.3, 0.4) is 0 Å². The fraction of sp³-hybridized carbons (Fsp3) is 0.350. The molecule has 1 aromatic carbocycles. The number of benzene rings is 1. The molecule has 7 nitrogen and oxygen atoms in total. The second-order valence-corrected chi connectivity index (χ2v) is 6.85. The molecule has 2 aromatic heterocycles. The maximum atomic E-state index is 12.7. The lowest BCUT2D eigenvalue weighted by molar-refractivity contribution is 0.0902. The van der Waals surface area contributed by atoms with E-state index in [0.29, 0.717) is 11.2 Å². The van der Waals surface area contributed by atoms with Crippen molar-refractivity contribution in [1.82, 2.24) is 24.8 Å². The van der Waals surface area contributed by atoms with Gasteiger partial charge >= 0.3 is 0 Å². The van der Waals surface area contributed by atoms with E-state index in [-0.39, 0.29) is 11.9 Å². The highest BCUT2D eigenvalue weighted by Crippen LogP contribution is 2.18. The number of methoxy groups -OCH3 is 1. The summed E-state index contributed by atoms with van der Waals surface area (Å²) >= 11 is 0. The lowest BCUT2D eigenvalue weighted by Crippen LogP contribution is -2.47. The van der Waals surface area contributed by atoms with Crippen molar-refractivity contribution in [2.75, 3.05) is 20.2 Å². The molecule has 7 heteroatoms. The Morgan fingerprint density at radius 1 is 1.37 bits per heavy atom. The maximum absolute atomic E-state index is 12.7. The Balaban J connectivity index is 1.40. The molecule has 1 N–H and O–H groups in total. The molecule has 1 fully saturated rings. The highest BCUT2D eigenvalue weighted by atomic mass is 16.5. The van der Waals surface area contributed by atoms with Crippen LogP contribution in [0.15, 0.2) is 48.9 Å². The van der Waals surface area contributed by atoms with Crippen LogP contribution in [0.2, 0.25) is 0 Å². The summed E-state index contributed by atoms with van der Waals surface area (Å²) in [4.78, 5) is 19.3. The SMILES string of the molecule is COc1cccc(CN2CCC[C@@H](NC(=O)c3cnn4cccnc34)C2)c1. The van der Waals surface area contributed by atoms with Crippen LogP contribution in [-0.2, 0) is 6.54 Å². The highest BCUT2D eigenvalue weighted by Gasteiger charge is 2.23. The van der Waals surface area contributed by atoms with Gasteiger partial charge in [0.1, 0.15) is 11.3 Å². The molecule has 1 atom stereocenters. The fourth-order valence-electron chi connectivity index (χ4n) is 3.60. The number of amides is 1. The van der Waals surface area contributed by atoms with Crippen molar-refractivity contribution >= 4 is 11.6 Å². The number of ether oxygens (including phenoxy) is 1. The summed E-state index contributed by atoms with van der Waals surface area (Å²) in [5.74, 6) is 0.756. The first-order valence-electron chi connectivity index (χ1n) is 9.17. The Labute approximate surface area is 158 Å². The van der Waals surface area contributed by atoms with Crippen LogP contribution in [-0.4, -0.2) is 51.6 Å². The van der Waals surface area contributed by atoms with Gasteiger partial charge in [-0.2, -0.15) is 5.10 Å². The van der Waals surface area contributed by atoms with E-state index >= 15 is 0 Å². The van der Waals surface area contributed by atoms with Gasteiger partial charge < -0.3 is 10.1 Å². The maximum Gasteiger partial charge on any atom is 0.257 e. The summed E-state index contributed by atoms with van der Waals surface area (Å²) in [6.45, 7) is 2.71. The molecule has 1 saturated heterocycles. The minimum absolute atomic E-state index is 0.114. The van der Waals surface area contributed by atoms with Gasteiger partial charge in [0.25, 0.3) is 5.91 Å². The van der Waals surface area contributed by atoms with Crippen molar-refractivity contribution in [3.8, 4) is 5.75 Å². The number of nitrogens with zero attached hydrogens (tertiary/aromatic N) is 4. The average molecular weight is 365 g/mol. The van der Waals surface area contributed by atoms with E-state index in [1.807, 2.05) is 12.1 Å². The number of aromatic nitrogens is 3. The minimum atomic E-state index is -0.114. The van der Waals surface area contributed by atoms with Crippen LogP contribution >= 0.6 is 0 Å². The third-order valence-corrected chi connectivity index (χ3v) is 4.90. The fourth-order valence-corrected chi connectivity index (χ4v) is 3.60. The van der Waals surface area contributed by atoms with E-state index in [1.165, 1.54) is 5.56 Å². The molecule has 3 aromatic rings. The Kier molecular flexibility index (Phi) is 5.02. The topological polar surface area (TPSA) is 71.8 Å². The van der Waals surface area contributed by atoms with Crippen molar-refractivity contribution in [3.05, 3.63) is 60.0 Å². The number of likely N-dealkylation sites (tertiary alicyclic amines) is 1. The molecule has 4 rings (SSSR count). The molecule has 140 valence electrons. The minimum Gasteiger partial charge on any atom is -0.497 e. The van der Waals surface area contributed by atoms with Crippen LogP contribution in [0, 0.1) is 0 Å². The van der Waals surface area contributed by atoms with E-state index in [1.54, 1.807) is 36.3 Å². The molecular weight excluding hydrogens is 342 g/mol. The Morgan fingerprint density at radius 2 is 2.30 bits per heavy atom. The summed E-state index contributed by atoms with van der Waals surface area (Å²) in [5, 5.41) is 7.34. The Hall–Kier alpha value is -2.93. The van der Waals surface area contributed by atoms with Gasteiger partial charge in [-0.25, -0.2) is 9.50 Å². The number of fused-ring (bicyclic) bond motifs is 1. The third-order valence-electron chi connectivity index (χ3n) is 4.90. The molecule has 3 heterocycles. The monoisotopic (exact) mass is 365 g/mol. The van der Waals surface area contributed by atoms with Crippen molar-refractivity contribution in [2.24, 2.45) is 0 Å². The molecule has 0 saturated carbocycles. The van der Waals surface area contributed by atoms with Crippen molar-refractivity contribution in [3.63, 3.8) is 0 Å². The summed E-state index contributed by atoms with van der Waals surface area (Å²) in [7, 11) is 1.68. The first-order valence-corrected chi connectivity index (χ1v) is 9.17. The Morgan fingerprint density at radius 3 is 3.19 bits per heavy atom. The number of hydrogen-bond donors (Lipinski definition) is 1. The van der Waals surface area contributed by atoms with Gasteiger partial charge in [-0.05, 0) is 43.1 Å². The van der Waals surface area contributed by atoms with E-state index in [4.69, 9.17) is 4.74 Å². The Bertz CT molecular complexity index is 939. The van der Waals surface area contributed by atoms with Crippen LogP contribution in [0.1, 0.15) is 28.8 Å². The average Bonchev–Trinajstić information content (AvgIpc) is 3.13. The van der Waals surface area contributed by atoms with E-state index < -0.39 is 0 Å². The first-order chi connectivity index (χ1) is 13.2. The van der Waals surface area contributed by atoms with Gasteiger partial charge in [-0.1, -0.05) is 12.1 Å². The zero-order chi connectivity index (χ0) is 18.6. The third kappa shape index (κ3) is 3.93. The number of carbonyl (C=O) groups excluding carboxylic acids is 1. The van der Waals surface area contributed by atoms with Gasteiger partial charge in [0.05, 0.1) is 13.3 Å². The summed E-state index contributed by atoms with van der Waals surface area (Å²) < 4.78 is 6.92. The van der Waals surface area contributed by atoms with Gasteiger partial charge in [-0.3, -0.25) is 9.69 Å². The van der Waals surface area contributed by atoms with Crippen LogP contribution < -0.4 is 10.1 Å². The van der Waals surface area contributed by atoms with E-state index in [0.717, 1.165) is 38.2 Å². The molecule has 0 aliphatic carbocycles. The van der Waals surface area contributed by atoms with Crippen LogP contribution in [0.5, 0.6) is 5.75 Å². The van der Waals surface area contributed by atoms with Crippen LogP contribution in [0.25, 0.3) is 5.65 Å². The molecule has 27 heavy (non-hydrogen) atoms. The lowest BCUT2D eigenvalue weighted by atomic mass is 10.0. The quantitative estimate of drug-likeness (QED) is 0.750. The zero-order valence-electron chi connectivity index (χ0n) is 15.3. The van der Waals surface area contributed by atoms with Gasteiger partial charge in [-0.15, -0.1) is 0 Å². The van der Waals surface area contributed by atoms with E-state index in [2.05, 4.69) is 32.4 Å². The summed E-state index contributed by atoms with van der Waals surface area (Å²) in [6.07, 6.45) is 7.07. The smallest absolute Gasteiger partial charge is 0.257 e. The lowest BCUT2D eigenvalue weighted by Gasteiger charge is -2.33. The molecule has 0 unspecified atom stereocenters. The van der Waals surface area contributed by atoms with Crippen LogP contribution in [0.4, 0.5) is 0 Å². The number of carbonyl (C=O) groups is 1. The molecule has 1 aliphatic heterocycles. The summed E-state index contributed by atoms with van der Waals surface area (Å²) in [5.41, 5.74) is 2.31. The van der Waals surface area contributed by atoms with Gasteiger partial charge in [0, 0.05) is 31.5 Å². The molecule has 0 bridgehead atoms. The second-order valence-electron chi connectivity index (χ2n) is 6.85. The van der Waals surface area contributed by atoms with Gasteiger partial charge in [0.2, 0.25) is 0 Å². The first kappa shape index (κ1) is 17.5. The van der Waals surface area contributed by atoms with E-state index in [9.17, 15) is 4.79 Å². The number of piperidine rings is 1. The molecule has 1 aliphatic rings. The zero-order valence-corrected chi connectivity index (χ0v) is 15.3. The van der Waals surface area contributed by atoms with Gasteiger partial charge in [0.15, 0.2) is 5.65 Å². The van der Waals surface area contributed by atoms with Crippen molar-refractivity contribution < 1.29 is 9.53 Å². The standard InChI is InChI=1S/C20H23N5O2/c1-27-17-7-2-5-15(11-17)13-24-9-3-6-16(14-24)23-20(26)18-12-22-25-10-4-8-21-19(18)25/h2,4-5,7-8,10-12,16H,3,6,9,13-14H2,1H3,(H,23,26)/t16-/m1/s1. The summed E-state index contributed by atoms with van der Waals surface area (Å²) in [6, 6.07) is 10.0. The predicted octanol–water partition coefficient (Wildman–Crippen LogP) is 2.13. The normalized spacial score (nSPS) is 17.7. The highest BCUT2D eigenvalue weighted by molar-refractivity contribution is 5.99. The molecule has 0 spiro atoms. The van der Waals surface area contributed by atoms with Crippen molar-refractivity contribution in [2.45, 2.75) is 25.4 Å². The molecule has 0 radical (unpaired) electrons. The molecule has 1 amide bonds.